The third-order valence-corrected chi connectivity index (χ3v) is 5.75. The highest BCUT2D eigenvalue weighted by Crippen LogP contribution is 2.30. The average molecular weight is 492 g/mol. The molecule has 6 aromatic rings. The maximum Gasteiger partial charge on any atom is 0.259 e. The Morgan fingerprint density at radius 2 is 1.78 bits per heavy atom. The molecule has 0 unspecified atom stereocenters. The zero-order valence-electron chi connectivity index (χ0n) is 19.0. The molecule has 37 heavy (non-hydrogen) atoms. The molecule has 0 atom stereocenters. The van der Waals surface area contributed by atoms with Crippen molar-refractivity contribution in [2.45, 2.75) is 0 Å². The molecule has 0 aliphatic carbocycles. The number of nitrogens with one attached hydrogen (secondary N) is 3. The van der Waals surface area contributed by atoms with Gasteiger partial charge in [-0.3, -0.25) is 19.6 Å². The molecular weight excluding hydrogens is 475 g/mol. The van der Waals surface area contributed by atoms with E-state index in [9.17, 15) is 14.0 Å². The van der Waals surface area contributed by atoms with Crippen LogP contribution in [0, 0.1) is 5.82 Å². The first-order valence-electron chi connectivity index (χ1n) is 11.1. The van der Waals surface area contributed by atoms with Crippen molar-refractivity contribution in [2.24, 2.45) is 0 Å². The number of rotatable bonds is 5. The third-order valence-electron chi connectivity index (χ3n) is 5.75. The summed E-state index contributed by atoms with van der Waals surface area (Å²) in [5.74, 6) is -1.32. The summed E-state index contributed by atoms with van der Waals surface area (Å²) >= 11 is 0. The Hall–Kier alpha value is -5.45. The van der Waals surface area contributed by atoms with Crippen LogP contribution in [0.5, 0.6) is 0 Å². The average Bonchev–Trinajstić information content (AvgIpc) is 3.53. The molecule has 0 fully saturated rings. The Kier molecular flexibility index (Phi) is 5.34. The standard InChI is InChI=1S/C26H17FN8O2/c27-17-8-19(12-29-10-17)34-25(36)16-6-20-21(13-31-24(20)30-9-16)15-3-5-35-23(7-15)22(14-32-35)26(37)33-18-2-1-4-28-11-18/h1-14H,(H,30,31)(H,33,37)(H,34,36). The van der Waals surface area contributed by atoms with E-state index >= 15 is 0 Å². The normalized spacial score (nSPS) is 11.1. The number of aromatic amines is 1. The van der Waals surface area contributed by atoms with E-state index in [1.54, 1.807) is 47.5 Å². The fourth-order valence-corrected chi connectivity index (χ4v) is 4.01. The number of aromatic nitrogens is 6. The van der Waals surface area contributed by atoms with Gasteiger partial charge in [-0.25, -0.2) is 13.9 Å². The molecule has 3 N–H and O–H groups in total. The second-order valence-corrected chi connectivity index (χ2v) is 8.17. The van der Waals surface area contributed by atoms with Crippen molar-refractivity contribution in [3.05, 3.63) is 103 Å². The van der Waals surface area contributed by atoms with Crippen molar-refractivity contribution in [2.75, 3.05) is 10.6 Å². The molecule has 0 spiro atoms. The first kappa shape index (κ1) is 22.0. The molecule has 6 heterocycles. The van der Waals surface area contributed by atoms with E-state index in [4.69, 9.17) is 0 Å². The van der Waals surface area contributed by atoms with Gasteiger partial charge in [0.2, 0.25) is 0 Å². The van der Waals surface area contributed by atoms with Crippen LogP contribution in [-0.4, -0.2) is 41.4 Å². The van der Waals surface area contributed by atoms with Crippen molar-refractivity contribution in [1.82, 2.24) is 29.5 Å². The highest BCUT2D eigenvalue weighted by molar-refractivity contribution is 6.10. The number of pyridine rings is 4. The lowest BCUT2D eigenvalue weighted by molar-refractivity contribution is 0.101. The predicted octanol–water partition coefficient (Wildman–Crippen LogP) is 4.31. The molecule has 0 radical (unpaired) electrons. The van der Waals surface area contributed by atoms with E-state index < -0.39 is 11.7 Å². The van der Waals surface area contributed by atoms with Gasteiger partial charge < -0.3 is 15.6 Å². The van der Waals surface area contributed by atoms with Gasteiger partial charge in [-0.1, -0.05) is 0 Å². The fraction of sp³-hybridized carbons (Fsp3) is 0. The minimum absolute atomic E-state index is 0.239. The van der Waals surface area contributed by atoms with Crippen LogP contribution in [-0.2, 0) is 0 Å². The Morgan fingerprint density at radius 3 is 2.62 bits per heavy atom. The summed E-state index contributed by atoms with van der Waals surface area (Å²) in [5, 5.41) is 10.4. The zero-order chi connectivity index (χ0) is 25.4. The lowest BCUT2D eigenvalue weighted by atomic mass is 10.0. The number of anilines is 2. The van der Waals surface area contributed by atoms with Gasteiger partial charge in [-0.15, -0.1) is 0 Å². The van der Waals surface area contributed by atoms with Crippen LogP contribution >= 0.6 is 0 Å². The molecule has 6 rings (SSSR count). The molecule has 0 aliphatic heterocycles. The van der Waals surface area contributed by atoms with Crippen LogP contribution in [0.4, 0.5) is 15.8 Å². The van der Waals surface area contributed by atoms with Crippen molar-refractivity contribution < 1.29 is 14.0 Å². The minimum Gasteiger partial charge on any atom is -0.346 e. The summed E-state index contributed by atoms with van der Waals surface area (Å²) in [7, 11) is 0. The number of H-pyrrole nitrogens is 1. The maximum absolute atomic E-state index is 13.4. The van der Waals surface area contributed by atoms with Gasteiger partial charge in [0.15, 0.2) is 0 Å². The molecule has 10 nitrogen and oxygen atoms in total. The largest absolute Gasteiger partial charge is 0.346 e. The summed E-state index contributed by atoms with van der Waals surface area (Å²) < 4.78 is 15.0. The van der Waals surface area contributed by atoms with Crippen LogP contribution in [0.15, 0.2) is 86.0 Å². The van der Waals surface area contributed by atoms with Crippen molar-refractivity contribution >= 4 is 39.7 Å². The zero-order valence-corrected chi connectivity index (χ0v) is 19.0. The van der Waals surface area contributed by atoms with Crippen LogP contribution in [0.25, 0.3) is 27.7 Å². The predicted molar refractivity (Wildman–Crippen MR) is 135 cm³/mol. The van der Waals surface area contributed by atoms with Crippen molar-refractivity contribution in [1.29, 1.82) is 0 Å². The number of hydrogen-bond donors (Lipinski definition) is 3. The topological polar surface area (TPSA) is 130 Å². The van der Waals surface area contributed by atoms with Crippen LogP contribution in [0.3, 0.4) is 0 Å². The molecule has 0 saturated heterocycles. The molecular formula is C26H17FN8O2. The number of amides is 2. The second-order valence-electron chi connectivity index (χ2n) is 8.17. The fourth-order valence-electron chi connectivity index (χ4n) is 4.01. The number of carbonyl (C=O) groups excluding carboxylic acids is 2. The summed E-state index contributed by atoms with van der Waals surface area (Å²) in [6, 6.07) is 10.1. The SMILES string of the molecule is O=C(Nc1cncc(F)c1)c1cnc2[nH]cc(-c3ccn4ncc(C(=O)Nc5cccnc5)c4c3)c2c1. The quantitative estimate of drug-likeness (QED) is 0.329. The summed E-state index contributed by atoms with van der Waals surface area (Å²) in [5.41, 5.74) is 4.27. The van der Waals surface area contributed by atoms with Gasteiger partial charge in [-0.05, 0) is 35.9 Å². The summed E-state index contributed by atoms with van der Waals surface area (Å²) in [4.78, 5) is 40.9. The first-order valence-corrected chi connectivity index (χ1v) is 11.1. The van der Waals surface area contributed by atoms with Gasteiger partial charge in [0, 0.05) is 41.8 Å². The first-order chi connectivity index (χ1) is 18.0. The lowest BCUT2D eigenvalue weighted by Gasteiger charge is -2.06. The van der Waals surface area contributed by atoms with E-state index in [1.807, 2.05) is 12.1 Å². The Bertz CT molecular complexity index is 1800. The monoisotopic (exact) mass is 492 g/mol. The maximum atomic E-state index is 13.4. The molecule has 6 aromatic heterocycles. The molecule has 0 aromatic carbocycles. The number of carbonyl (C=O) groups is 2. The van der Waals surface area contributed by atoms with Crippen molar-refractivity contribution in [3.63, 3.8) is 0 Å². The molecule has 2 amide bonds. The highest BCUT2D eigenvalue weighted by atomic mass is 19.1. The van der Waals surface area contributed by atoms with E-state index in [0.717, 1.165) is 17.3 Å². The molecule has 11 heteroatoms. The smallest absolute Gasteiger partial charge is 0.259 e. The minimum atomic E-state index is -0.553. The number of hydrogen-bond acceptors (Lipinski definition) is 6. The van der Waals surface area contributed by atoms with Gasteiger partial charge in [-0.2, -0.15) is 5.10 Å². The molecule has 0 bridgehead atoms. The van der Waals surface area contributed by atoms with E-state index in [0.29, 0.717) is 33.4 Å². The van der Waals surface area contributed by atoms with E-state index in [2.05, 4.69) is 35.7 Å². The van der Waals surface area contributed by atoms with Crippen molar-refractivity contribution in [3.8, 4) is 11.1 Å². The number of halogens is 1. The Labute approximate surface area is 208 Å². The van der Waals surface area contributed by atoms with E-state index in [-0.39, 0.29) is 11.6 Å². The van der Waals surface area contributed by atoms with Gasteiger partial charge in [0.05, 0.1) is 52.8 Å². The van der Waals surface area contributed by atoms with Crippen LogP contribution < -0.4 is 10.6 Å². The number of nitrogens with zero attached hydrogens (tertiary/aromatic N) is 5. The number of fused-ring (bicyclic) bond motifs is 2. The van der Waals surface area contributed by atoms with Crippen LogP contribution in [0.1, 0.15) is 20.7 Å². The molecule has 0 saturated carbocycles. The van der Waals surface area contributed by atoms with Gasteiger partial charge >= 0.3 is 0 Å². The molecule has 0 aliphatic rings. The summed E-state index contributed by atoms with van der Waals surface area (Å²) in [6.07, 6.45) is 12.1. The van der Waals surface area contributed by atoms with E-state index in [1.165, 1.54) is 24.7 Å². The lowest BCUT2D eigenvalue weighted by Crippen LogP contribution is -2.12. The van der Waals surface area contributed by atoms with Gasteiger partial charge in [0.25, 0.3) is 11.8 Å². The second kappa shape index (κ2) is 8.96. The van der Waals surface area contributed by atoms with Gasteiger partial charge in [0.1, 0.15) is 11.5 Å². The summed E-state index contributed by atoms with van der Waals surface area (Å²) in [6.45, 7) is 0. The van der Waals surface area contributed by atoms with Crippen LogP contribution in [0.2, 0.25) is 0 Å². The highest BCUT2D eigenvalue weighted by Gasteiger charge is 2.17. The third kappa shape index (κ3) is 4.25. The Balaban J connectivity index is 1.34. The Morgan fingerprint density at radius 1 is 0.919 bits per heavy atom. The molecule has 180 valence electrons.